The number of nitrogens with zero attached hydrogens (tertiary/aromatic N) is 1. The Morgan fingerprint density at radius 3 is 2.47 bits per heavy atom. The van der Waals surface area contributed by atoms with Gasteiger partial charge in [-0.15, -0.1) is 0 Å². The van der Waals surface area contributed by atoms with Crippen LogP contribution < -0.4 is 16.0 Å². The summed E-state index contributed by atoms with van der Waals surface area (Å²) in [7, 11) is 0. The van der Waals surface area contributed by atoms with E-state index in [1.54, 1.807) is 6.92 Å². The molecule has 2 heterocycles. The molecule has 3 N–H and O–H groups in total. The molecule has 1 aromatic carbocycles. The summed E-state index contributed by atoms with van der Waals surface area (Å²) in [4.78, 5) is 50.8. The molecule has 0 spiro atoms. The molecule has 9 heteroatoms. The molecule has 1 fully saturated rings. The lowest BCUT2D eigenvalue weighted by molar-refractivity contribution is -0.122. The predicted molar refractivity (Wildman–Crippen MR) is 108 cm³/mol. The summed E-state index contributed by atoms with van der Waals surface area (Å²) in [5, 5.41) is 2.50. The van der Waals surface area contributed by atoms with Gasteiger partial charge in [0.05, 0.1) is 12.5 Å². The van der Waals surface area contributed by atoms with Gasteiger partial charge >= 0.3 is 5.97 Å². The van der Waals surface area contributed by atoms with E-state index >= 15 is 0 Å². The first kappa shape index (κ1) is 21.1. The number of benzene rings is 1. The normalized spacial score (nSPS) is 15.9. The van der Waals surface area contributed by atoms with Crippen LogP contribution in [0.4, 0.5) is 11.6 Å². The van der Waals surface area contributed by atoms with Crippen molar-refractivity contribution < 1.29 is 28.3 Å². The molecule has 1 atom stereocenters. The van der Waals surface area contributed by atoms with Gasteiger partial charge in [-0.25, -0.2) is 4.79 Å². The molecule has 0 aliphatic carbocycles. The van der Waals surface area contributed by atoms with E-state index in [2.05, 4.69) is 5.32 Å². The first-order valence-electron chi connectivity index (χ1n) is 9.51. The van der Waals surface area contributed by atoms with Gasteiger partial charge in [-0.3, -0.25) is 19.7 Å². The molecule has 1 aliphatic heterocycles. The summed E-state index contributed by atoms with van der Waals surface area (Å²) in [6.45, 7) is 5.31. The zero-order chi connectivity index (χ0) is 22.0. The Kier molecular flexibility index (Phi) is 5.91. The van der Waals surface area contributed by atoms with E-state index in [0.717, 1.165) is 5.56 Å². The fourth-order valence-electron chi connectivity index (χ4n) is 3.39. The molecule has 0 saturated carbocycles. The Bertz CT molecular complexity index is 1010. The largest absolute Gasteiger partial charge is 0.462 e. The minimum atomic E-state index is -0.936. The van der Waals surface area contributed by atoms with Crippen LogP contribution in [0.3, 0.4) is 0 Å². The van der Waals surface area contributed by atoms with Gasteiger partial charge in [0.15, 0.2) is 0 Å². The first-order chi connectivity index (χ1) is 14.2. The molecule has 1 aromatic heterocycles. The summed E-state index contributed by atoms with van der Waals surface area (Å²) in [6, 6.07) is 7.41. The molecule has 30 heavy (non-hydrogen) atoms. The van der Waals surface area contributed by atoms with Crippen molar-refractivity contribution in [2.75, 3.05) is 23.4 Å². The summed E-state index contributed by atoms with van der Waals surface area (Å²) < 4.78 is 10.4. The number of hydrogen-bond donors (Lipinski definition) is 2. The highest BCUT2D eigenvalue weighted by Crippen LogP contribution is 2.30. The summed E-state index contributed by atoms with van der Waals surface area (Å²) in [5.74, 6) is -3.18. The standard InChI is InChI=1S/C21H23N3O6/c1-4-29-21(28)16-12(3)30-20(17(16)18(22)26)23-19(27)13-9-15(25)24(10-13)14-7-5-11(2)6-8-14/h5-8,13H,4,9-10H2,1-3H3,(H2,22,26)(H,23,27). The van der Waals surface area contributed by atoms with Crippen LogP contribution in [-0.2, 0) is 14.3 Å². The van der Waals surface area contributed by atoms with E-state index < -0.39 is 23.7 Å². The number of rotatable bonds is 6. The fourth-order valence-corrected chi connectivity index (χ4v) is 3.39. The van der Waals surface area contributed by atoms with Gasteiger partial charge in [0.1, 0.15) is 16.9 Å². The third-order valence-corrected chi connectivity index (χ3v) is 4.89. The number of hydrogen-bond acceptors (Lipinski definition) is 6. The van der Waals surface area contributed by atoms with Crippen LogP contribution in [0.5, 0.6) is 0 Å². The number of nitrogens with one attached hydrogen (secondary N) is 1. The number of furan rings is 1. The van der Waals surface area contributed by atoms with E-state index in [4.69, 9.17) is 14.9 Å². The van der Waals surface area contributed by atoms with Gasteiger partial charge in [-0.2, -0.15) is 0 Å². The Hall–Kier alpha value is -3.62. The lowest BCUT2D eigenvalue weighted by Gasteiger charge is -2.16. The van der Waals surface area contributed by atoms with E-state index in [1.165, 1.54) is 11.8 Å². The fraction of sp³-hybridized carbons (Fsp3) is 0.333. The van der Waals surface area contributed by atoms with E-state index in [9.17, 15) is 19.2 Å². The SMILES string of the molecule is CCOC(=O)c1c(C)oc(NC(=O)C2CC(=O)N(c3ccc(C)cc3)C2)c1C(N)=O. The summed E-state index contributed by atoms with van der Waals surface area (Å²) >= 11 is 0. The number of ether oxygens (including phenoxy) is 1. The molecular weight excluding hydrogens is 390 g/mol. The third kappa shape index (κ3) is 4.05. The van der Waals surface area contributed by atoms with Crippen molar-refractivity contribution in [1.29, 1.82) is 0 Å². The van der Waals surface area contributed by atoms with E-state index in [-0.39, 0.29) is 48.3 Å². The first-order valence-corrected chi connectivity index (χ1v) is 9.51. The number of esters is 1. The Morgan fingerprint density at radius 1 is 1.20 bits per heavy atom. The van der Waals surface area contributed by atoms with Crippen molar-refractivity contribution in [2.24, 2.45) is 11.7 Å². The number of primary amides is 1. The predicted octanol–water partition coefficient (Wildman–Crippen LogP) is 2.16. The van der Waals surface area contributed by atoms with Gasteiger partial charge < -0.3 is 19.8 Å². The van der Waals surface area contributed by atoms with Crippen molar-refractivity contribution in [1.82, 2.24) is 0 Å². The highest BCUT2D eigenvalue weighted by Gasteiger charge is 2.37. The van der Waals surface area contributed by atoms with Crippen molar-refractivity contribution in [2.45, 2.75) is 27.2 Å². The number of carbonyl (C=O) groups is 4. The average Bonchev–Trinajstić information content (AvgIpc) is 3.22. The number of carbonyl (C=O) groups excluding carboxylic acids is 4. The number of nitrogens with two attached hydrogens (primary N) is 1. The zero-order valence-electron chi connectivity index (χ0n) is 17.0. The summed E-state index contributed by atoms with van der Waals surface area (Å²) in [6.07, 6.45) is 0.00996. The monoisotopic (exact) mass is 413 g/mol. The maximum Gasteiger partial charge on any atom is 0.342 e. The lowest BCUT2D eigenvalue weighted by Crippen LogP contribution is -2.28. The maximum absolute atomic E-state index is 12.8. The van der Waals surface area contributed by atoms with Gasteiger partial charge in [-0.05, 0) is 32.9 Å². The highest BCUT2D eigenvalue weighted by atomic mass is 16.5. The topological polar surface area (TPSA) is 132 Å². The maximum atomic E-state index is 12.8. The third-order valence-electron chi connectivity index (χ3n) is 4.89. The minimum absolute atomic E-state index is 0.00996. The number of aryl methyl sites for hydroxylation is 2. The molecule has 0 bridgehead atoms. The number of anilines is 2. The van der Waals surface area contributed by atoms with Crippen LogP contribution in [0.15, 0.2) is 28.7 Å². The quantitative estimate of drug-likeness (QED) is 0.698. The second kappa shape index (κ2) is 8.40. The zero-order valence-corrected chi connectivity index (χ0v) is 17.0. The van der Waals surface area contributed by atoms with Crippen LogP contribution in [0, 0.1) is 19.8 Å². The lowest BCUT2D eigenvalue weighted by atomic mass is 10.1. The average molecular weight is 413 g/mol. The smallest absolute Gasteiger partial charge is 0.342 e. The van der Waals surface area contributed by atoms with Crippen LogP contribution in [0.1, 0.15) is 45.4 Å². The van der Waals surface area contributed by atoms with Gasteiger partial charge in [0, 0.05) is 18.7 Å². The van der Waals surface area contributed by atoms with E-state index in [0.29, 0.717) is 5.69 Å². The van der Waals surface area contributed by atoms with Gasteiger partial charge in [0.25, 0.3) is 5.91 Å². The molecule has 1 aliphatic rings. The molecule has 2 aromatic rings. The van der Waals surface area contributed by atoms with Crippen molar-refractivity contribution in [3.8, 4) is 0 Å². The van der Waals surface area contributed by atoms with Crippen molar-refractivity contribution in [3.63, 3.8) is 0 Å². The number of amides is 3. The molecule has 1 saturated heterocycles. The second-order valence-electron chi connectivity index (χ2n) is 7.05. The molecule has 3 rings (SSSR count). The molecular formula is C21H23N3O6. The Labute approximate surface area is 173 Å². The minimum Gasteiger partial charge on any atom is -0.462 e. The highest BCUT2D eigenvalue weighted by molar-refractivity contribution is 6.11. The molecule has 9 nitrogen and oxygen atoms in total. The van der Waals surface area contributed by atoms with Crippen LogP contribution in [0.25, 0.3) is 0 Å². The van der Waals surface area contributed by atoms with Crippen molar-refractivity contribution in [3.05, 3.63) is 46.7 Å². The molecule has 158 valence electrons. The van der Waals surface area contributed by atoms with Crippen LogP contribution in [0.2, 0.25) is 0 Å². The van der Waals surface area contributed by atoms with Gasteiger partial charge in [0.2, 0.25) is 17.7 Å². The van der Waals surface area contributed by atoms with E-state index in [1.807, 2.05) is 31.2 Å². The summed E-state index contributed by atoms with van der Waals surface area (Å²) in [5.41, 5.74) is 6.80. The van der Waals surface area contributed by atoms with Crippen LogP contribution >= 0.6 is 0 Å². The van der Waals surface area contributed by atoms with Gasteiger partial charge in [-0.1, -0.05) is 17.7 Å². The molecule has 0 radical (unpaired) electrons. The van der Waals surface area contributed by atoms with Crippen molar-refractivity contribution >= 4 is 35.3 Å². The second-order valence-corrected chi connectivity index (χ2v) is 7.05. The Balaban J connectivity index is 1.80. The molecule has 3 amide bonds. The van der Waals surface area contributed by atoms with Crippen LogP contribution in [-0.4, -0.2) is 36.8 Å². The Morgan fingerprint density at radius 2 is 1.87 bits per heavy atom. The molecule has 1 unspecified atom stereocenters.